The van der Waals surface area contributed by atoms with Gasteiger partial charge in [0.1, 0.15) is 0 Å². The van der Waals surface area contributed by atoms with Crippen LogP contribution in [0, 0.1) is 11.8 Å². The van der Waals surface area contributed by atoms with Crippen LogP contribution in [0.2, 0.25) is 0 Å². The van der Waals surface area contributed by atoms with Gasteiger partial charge in [-0.25, -0.2) is 0 Å². The molecule has 1 amide bonds. The Morgan fingerprint density at radius 3 is 2.50 bits per heavy atom. The summed E-state index contributed by atoms with van der Waals surface area (Å²) >= 11 is 0. The molecule has 0 heterocycles. The second kappa shape index (κ2) is 7.78. The fourth-order valence-electron chi connectivity index (χ4n) is 2.62. The molecule has 0 aromatic rings. The SMILES string of the molecule is CC(C)C(N)CCN(C)C(=O)CCC1CCCC1. The molecule has 1 fully saturated rings. The summed E-state index contributed by atoms with van der Waals surface area (Å²) in [6.07, 6.45) is 8.08. The molecule has 1 atom stereocenters. The number of amides is 1. The van der Waals surface area contributed by atoms with E-state index in [2.05, 4.69) is 13.8 Å². The van der Waals surface area contributed by atoms with E-state index in [9.17, 15) is 4.79 Å². The highest BCUT2D eigenvalue weighted by atomic mass is 16.2. The number of hydrogen-bond donors (Lipinski definition) is 1. The van der Waals surface area contributed by atoms with Crippen LogP contribution >= 0.6 is 0 Å². The quantitative estimate of drug-likeness (QED) is 0.759. The van der Waals surface area contributed by atoms with Crippen LogP contribution in [0.3, 0.4) is 0 Å². The smallest absolute Gasteiger partial charge is 0.222 e. The molecule has 0 radical (unpaired) electrons. The third-order valence-electron chi connectivity index (χ3n) is 4.32. The number of rotatable bonds is 7. The average molecular weight is 254 g/mol. The van der Waals surface area contributed by atoms with Crippen molar-refractivity contribution >= 4 is 5.91 Å². The van der Waals surface area contributed by atoms with Crippen LogP contribution < -0.4 is 5.73 Å². The standard InChI is InChI=1S/C15H30N2O/c1-12(2)14(16)10-11-17(3)15(18)9-8-13-6-4-5-7-13/h12-14H,4-11,16H2,1-3H3. The molecule has 0 aliphatic heterocycles. The van der Waals surface area contributed by atoms with E-state index < -0.39 is 0 Å². The van der Waals surface area contributed by atoms with Gasteiger partial charge in [-0.15, -0.1) is 0 Å². The lowest BCUT2D eigenvalue weighted by Crippen LogP contribution is -2.34. The maximum Gasteiger partial charge on any atom is 0.222 e. The molecule has 18 heavy (non-hydrogen) atoms. The Balaban J connectivity index is 2.15. The summed E-state index contributed by atoms with van der Waals surface area (Å²) in [6.45, 7) is 5.06. The van der Waals surface area contributed by atoms with Crippen molar-refractivity contribution in [2.75, 3.05) is 13.6 Å². The molecule has 0 bridgehead atoms. The van der Waals surface area contributed by atoms with Crippen LogP contribution in [-0.2, 0) is 4.79 Å². The third-order valence-corrected chi connectivity index (χ3v) is 4.32. The average Bonchev–Trinajstić information content (AvgIpc) is 2.85. The van der Waals surface area contributed by atoms with Crippen molar-refractivity contribution < 1.29 is 4.79 Å². The number of nitrogens with two attached hydrogens (primary N) is 1. The summed E-state index contributed by atoms with van der Waals surface area (Å²) < 4.78 is 0. The highest BCUT2D eigenvalue weighted by Crippen LogP contribution is 2.28. The fourth-order valence-corrected chi connectivity index (χ4v) is 2.62. The predicted molar refractivity (Wildman–Crippen MR) is 76.3 cm³/mol. The molecule has 0 aromatic heterocycles. The van der Waals surface area contributed by atoms with E-state index in [1.54, 1.807) is 0 Å². The summed E-state index contributed by atoms with van der Waals surface area (Å²) in [6, 6.07) is 0.204. The van der Waals surface area contributed by atoms with Crippen molar-refractivity contribution in [2.24, 2.45) is 17.6 Å². The van der Waals surface area contributed by atoms with Crippen molar-refractivity contribution in [2.45, 2.75) is 64.8 Å². The minimum atomic E-state index is 0.204. The molecule has 0 aromatic carbocycles. The van der Waals surface area contributed by atoms with Gasteiger partial charge in [-0.3, -0.25) is 4.79 Å². The van der Waals surface area contributed by atoms with E-state index in [-0.39, 0.29) is 11.9 Å². The second-order valence-corrected chi connectivity index (χ2v) is 6.20. The Morgan fingerprint density at radius 1 is 1.33 bits per heavy atom. The molecule has 3 heteroatoms. The molecule has 0 spiro atoms. The summed E-state index contributed by atoms with van der Waals surface area (Å²) in [7, 11) is 1.91. The van der Waals surface area contributed by atoms with Crippen LogP contribution in [0.15, 0.2) is 0 Å². The van der Waals surface area contributed by atoms with Crippen LogP contribution in [0.4, 0.5) is 0 Å². The maximum atomic E-state index is 12.0. The van der Waals surface area contributed by atoms with Gasteiger partial charge >= 0.3 is 0 Å². The van der Waals surface area contributed by atoms with E-state index in [0.717, 1.165) is 31.7 Å². The minimum absolute atomic E-state index is 0.204. The Labute approximate surface area is 112 Å². The zero-order valence-corrected chi connectivity index (χ0v) is 12.3. The zero-order valence-electron chi connectivity index (χ0n) is 12.3. The normalized spacial score (nSPS) is 18.3. The first-order chi connectivity index (χ1) is 8.50. The number of carbonyl (C=O) groups excluding carboxylic acids is 1. The van der Waals surface area contributed by atoms with Gasteiger partial charge in [0.15, 0.2) is 0 Å². The number of carbonyl (C=O) groups is 1. The first kappa shape index (κ1) is 15.5. The summed E-state index contributed by atoms with van der Waals surface area (Å²) in [5, 5.41) is 0. The lowest BCUT2D eigenvalue weighted by atomic mass is 10.0. The largest absolute Gasteiger partial charge is 0.346 e. The number of nitrogens with zero attached hydrogens (tertiary/aromatic N) is 1. The zero-order chi connectivity index (χ0) is 13.5. The Morgan fingerprint density at radius 2 is 1.94 bits per heavy atom. The highest BCUT2D eigenvalue weighted by molar-refractivity contribution is 5.75. The van der Waals surface area contributed by atoms with E-state index in [4.69, 9.17) is 5.73 Å². The first-order valence-electron chi connectivity index (χ1n) is 7.50. The van der Waals surface area contributed by atoms with Gasteiger partial charge in [0.25, 0.3) is 0 Å². The van der Waals surface area contributed by atoms with Crippen molar-refractivity contribution in [1.29, 1.82) is 0 Å². The Kier molecular flexibility index (Phi) is 6.69. The first-order valence-corrected chi connectivity index (χ1v) is 7.50. The van der Waals surface area contributed by atoms with Gasteiger partial charge in [-0.2, -0.15) is 0 Å². The molecule has 106 valence electrons. The van der Waals surface area contributed by atoms with Crippen LogP contribution in [0.25, 0.3) is 0 Å². The van der Waals surface area contributed by atoms with E-state index in [1.807, 2.05) is 11.9 Å². The minimum Gasteiger partial charge on any atom is -0.346 e. The van der Waals surface area contributed by atoms with Crippen molar-refractivity contribution in [3.8, 4) is 0 Å². The molecule has 1 aliphatic rings. The topological polar surface area (TPSA) is 46.3 Å². The highest BCUT2D eigenvalue weighted by Gasteiger charge is 2.18. The van der Waals surface area contributed by atoms with Crippen LogP contribution in [-0.4, -0.2) is 30.4 Å². The van der Waals surface area contributed by atoms with Gasteiger partial charge in [-0.1, -0.05) is 39.5 Å². The fraction of sp³-hybridized carbons (Fsp3) is 0.933. The third kappa shape index (κ3) is 5.38. The van der Waals surface area contributed by atoms with Crippen molar-refractivity contribution in [3.63, 3.8) is 0 Å². The Bertz CT molecular complexity index is 247. The van der Waals surface area contributed by atoms with Crippen molar-refractivity contribution in [1.82, 2.24) is 4.90 Å². The van der Waals surface area contributed by atoms with Crippen LogP contribution in [0.1, 0.15) is 58.8 Å². The van der Waals surface area contributed by atoms with E-state index >= 15 is 0 Å². The molecular formula is C15H30N2O. The van der Waals surface area contributed by atoms with E-state index in [1.165, 1.54) is 25.7 Å². The number of hydrogen-bond acceptors (Lipinski definition) is 2. The molecular weight excluding hydrogens is 224 g/mol. The lowest BCUT2D eigenvalue weighted by molar-refractivity contribution is -0.130. The molecule has 1 unspecified atom stereocenters. The Hall–Kier alpha value is -0.570. The van der Waals surface area contributed by atoms with Gasteiger partial charge in [0.05, 0.1) is 0 Å². The molecule has 1 rings (SSSR count). The molecule has 3 nitrogen and oxygen atoms in total. The van der Waals surface area contributed by atoms with Gasteiger partial charge in [0, 0.05) is 26.1 Å². The molecule has 1 saturated carbocycles. The predicted octanol–water partition coefficient (Wildman–Crippen LogP) is 2.79. The summed E-state index contributed by atoms with van der Waals surface area (Å²) in [5.41, 5.74) is 6.00. The summed E-state index contributed by atoms with van der Waals surface area (Å²) in [5.74, 6) is 1.59. The monoisotopic (exact) mass is 254 g/mol. The van der Waals surface area contributed by atoms with Gasteiger partial charge < -0.3 is 10.6 Å². The molecule has 2 N–H and O–H groups in total. The van der Waals surface area contributed by atoms with E-state index in [0.29, 0.717) is 5.92 Å². The van der Waals surface area contributed by atoms with Crippen LogP contribution in [0.5, 0.6) is 0 Å². The molecule has 0 saturated heterocycles. The van der Waals surface area contributed by atoms with Gasteiger partial charge in [-0.05, 0) is 24.7 Å². The second-order valence-electron chi connectivity index (χ2n) is 6.20. The van der Waals surface area contributed by atoms with Crippen molar-refractivity contribution in [3.05, 3.63) is 0 Å². The lowest BCUT2D eigenvalue weighted by Gasteiger charge is -2.22. The molecule has 1 aliphatic carbocycles. The summed E-state index contributed by atoms with van der Waals surface area (Å²) in [4.78, 5) is 13.8. The van der Waals surface area contributed by atoms with Gasteiger partial charge in [0.2, 0.25) is 5.91 Å². The maximum absolute atomic E-state index is 12.0.